The molecule has 3 heterocycles. The first-order valence-electron chi connectivity index (χ1n) is 6.75. The van der Waals surface area contributed by atoms with Crippen LogP contribution in [-0.4, -0.2) is 28.9 Å². The summed E-state index contributed by atoms with van der Waals surface area (Å²) in [6.07, 6.45) is 5.75. The molecule has 1 amide bonds. The number of carbonyl (C=O) groups excluding carboxylic acids is 1. The van der Waals surface area contributed by atoms with Gasteiger partial charge >= 0.3 is 0 Å². The minimum Gasteiger partial charge on any atom is -0.381 e. The third-order valence-corrected chi connectivity index (χ3v) is 4.14. The van der Waals surface area contributed by atoms with Crippen LogP contribution < -0.4 is 5.32 Å². The minimum absolute atomic E-state index is 0.0862. The molecule has 3 rings (SSSR count). The summed E-state index contributed by atoms with van der Waals surface area (Å²) in [6, 6.07) is 1.81. The number of hydrogen-bond acceptors (Lipinski definition) is 4. The molecular weight excluding hydrogens is 274 g/mol. The maximum atomic E-state index is 11.9. The Morgan fingerprint density at radius 3 is 3.10 bits per heavy atom. The van der Waals surface area contributed by atoms with Gasteiger partial charge in [0.25, 0.3) is 5.91 Å². The van der Waals surface area contributed by atoms with Gasteiger partial charge in [0.2, 0.25) is 0 Å². The summed E-state index contributed by atoms with van der Waals surface area (Å²) in [5, 5.41) is 10.9. The van der Waals surface area contributed by atoms with Crippen molar-refractivity contribution < 1.29 is 9.53 Å². The lowest BCUT2D eigenvalue weighted by Crippen LogP contribution is -2.20. The molecule has 2 aromatic rings. The lowest BCUT2D eigenvalue weighted by Gasteiger charge is -2.21. The Labute approximate surface area is 121 Å². The van der Waals surface area contributed by atoms with Crippen molar-refractivity contribution in [2.24, 2.45) is 5.92 Å². The summed E-state index contributed by atoms with van der Waals surface area (Å²) >= 11 is 1.51. The number of thiophene rings is 1. The van der Waals surface area contributed by atoms with E-state index >= 15 is 0 Å². The largest absolute Gasteiger partial charge is 0.381 e. The lowest BCUT2D eigenvalue weighted by atomic mass is 10.0. The Balaban J connectivity index is 1.57. The number of nitrogens with zero attached hydrogens (tertiary/aromatic N) is 2. The van der Waals surface area contributed by atoms with E-state index in [0.717, 1.165) is 38.3 Å². The van der Waals surface area contributed by atoms with E-state index in [4.69, 9.17) is 4.74 Å². The molecule has 0 saturated carbocycles. The number of nitrogens with one attached hydrogen (secondary N) is 1. The van der Waals surface area contributed by atoms with Crippen molar-refractivity contribution in [1.82, 2.24) is 9.78 Å². The second kappa shape index (κ2) is 6.19. The van der Waals surface area contributed by atoms with E-state index in [1.54, 1.807) is 6.20 Å². The van der Waals surface area contributed by atoms with Gasteiger partial charge in [0.05, 0.1) is 17.4 Å². The standard InChI is InChI=1S/C14H17N3O2S/c18-14(12-3-6-20-10-12)16-13-7-15-17(9-13)8-11-1-4-19-5-2-11/h3,6-7,9-11H,1-2,4-5,8H2,(H,16,18). The maximum absolute atomic E-state index is 11.9. The highest BCUT2D eigenvalue weighted by molar-refractivity contribution is 7.08. The molecular formula is C14H17N3O2S. The van der Waals surface area contributed by atoms with Crippen molar-refractivity contribution in [3.63, 3.8) is 0 Å². The van der Waals surface area contributed by atoms with Crippen LogP contribution in [0.4, 0.5) is 5.69 Å². The van der Waals surface area contributed by atoms with Gasteiger partial charge in [0.1, 0.15) is 0 Å². The average molecular weight is 291 g/mol. The zero-order valence-electron chi connectivity index (χ0n) is 11.1. The molecule has 0 spiro atoms. The predicted octanol–water partition coefficient (Wildman–Crippen LogP) is 2.62. The molecule has 106 valence electrons. The van der Waals surface area contributed by atoms with Crippen molar-refractivity contribution in [3.8, 4) is 0 Å². The van der Waals surface area contributed by atoms with Gasteiger partial charge < -0.3 is 10.1 Å². The summed E-state index contributed by atoms with van der Waals surface area (Å²) < 4.78 is 7.25. The lowest BCUT2D eigenvalue weighted by molar-refractivity contribution is 0.0601. The first-order valence-corrected chi connectivity index (χ1v) is 7.69. The average Bonchev–Trinajstić information content (AvgIpc) is 3.11. The second-order valence-electron chi connectivity index (χ2n) is 4.97. The molecule has 1 fully saturated rings. The van der Waals surface area contributed by atoms with E-state index in [2.05, 4.69) is 10.4 Å². The maximum Gasteiger partial charge on any atom is 0.256 e. The molecule has 0 radical (unpaired) electrons. The molecule has 2 aromatic heterocycles. The number of anilines is 1. The minimum atomic E-state index is -0.0862. The Morgan fingerprint density at radius 2 is 2.35 bits per heavy atom. The first kappa shape index (κ1) is 13.3. The Kier molecular flexibility index (Phi) is 4.13. The Hall–Kier alpha value is -1.66. The molecule has 1 aliphatic rings. The predicted molar refractivity (Wildman–Crippen MR) is 78.0 cm³/mol. The molecule has 0 bridgehead atoms. The summed E-state index contributed by atoms with van der Waals surface area (Å²) in [5.41, 5.74) is 1.43. The highest BCUT2D eigenvalue weighted by Gasteiger charge is 2.15. The van der Waals surface area contributed by atoms with E-state index < -0.39 is 0 Å². The summed E-state index contributed by atoms with van der Waals surface area (Å²) in [4.78, 5) is 11.9. The van der Waals surface area contributed by atoms with Crippen LogP contribution in [0.15, 0.2) is 29.2 Å². The molecule has 0 unspecified atom stereocenters. The van der Waals surface area contributed by atoms with Gasteiger partial charge in [-0.25, -0.2) is 0 Å². The van der Waals surface area contributed by atoms with Gasteiger partial charge in [0, 0.05) is 31.3 Å². The molecule has 0 atom stereocenters. The van der Waals surface area contributed by atoms with Crippen LogP contribution in [0.1, 0.15) is 23.2 Å². The fraction of sp³-hybridized carbons (Fsp3) is 0.429. The fourth-order valence-corrected chi connectivity index (χ4v) is 2.95. The number of amides is 1. The first-order chi connectivity index (χ1) is 9.81. The van der Waals surface area contributed by atoms with Gasteiger partial charge in [0.15, 0.2) is 0 Å². The number of aromatic nitrogens is 2. The summed E-state index contributed by atoms with van der Waals surface area (Å²) in [7, 11) is 0. The SMILES string of the molecule is O=C(Nc1cnn(CC2CCOCC2)c1)c1ccsc1. The van der Waals surface area contributed by atoms with Crippen molar-refractivity contribution in [3.05, 3.63) is 34.8 Å². The third kappa shape index (κ3) is 3.26. The van der Waals surface area contributed by atoms with Crippen LogP contribution in [0.5, 0.6) is 0 Å². The zero-order valence-corrected chi connectivity index (χ0v) is 11.9. The van der Waals surface area contributed by atoms with Gasteiger partial charge in [-0.15, -0.1) is 0 Å². The van der Waals surface area contributed by atoms with Crippen molar-refractivity contribution >= 4 is 22.9 Å². The number of ether oxygens (including phenoxy) is 1. The highest BCUT2D eigenvalue weighted by atomic mass is 32.1. The Morgan fingerprint density at radius 1 is 1.50 bits per heavy atom. The van der Waals surface area contributed by atoms with E-state index in [-0.39, 0.29) is 5.91 Å². The van der Waals surface area contributed by atoms with Crippen LogP contribution in [-0.2, 0) is 11.3 Å². The number of rotatable bonds is 4. The van der Waals surface area contributed by atoms with Gasteiger partial charge in [-0.3, -0.25) is 9.48 Å². The van der Waals surface area contributed by atoms with Crippen molar-refractivity contribution in [2.45, 2.75) is 19.4 Å². The van der Waals surface area contributed by atoms with Crippen LogP contribution >= 0.6 is 11.3 Å². The van der Waals surface area contributed by atoms with Crippen LogP contribution in [0.25, 0.3) is 0 Å². The smallest absolute Gasteiger partial charge is 0.256 e. The van der Waals surface area contributed by atoms with Gasteiger partial charge in [-0.05, 0) is 30.2 Å². The topological polar surface area (TPSA) is 56.2 Å². The zero-order chi connectivity index (χ0) is 13.8. The van der Waals surface area contributed by atoms with E-state index in [0.29, 0.717) is 11.5 Å². The second-order valence-corrected chi connectivity index (χ2v) is 5.75. The fourth-order valence-electron chi connectivity index (χ4n) is 2.32. The molecule has 1 saturated heterocycles. The van der Waals surface area contributed by atoms with E-state index in [9.17, 15) is 4.79 Å². The van der Waals surface area contributed by atoms with Gasteiger partial charge in [-0.1, -0.05) is 0 Å². The summed E-state index contributed by atoms with van der Waals surface area (Å²) in [6.45, 7) is 2.57. The number of hydrogen-bond donors (Lipinski definition) is 1. The number of carbonyl (C=O) groups is 1. The van der Waals surface area contributed by atoms with Crippen LogP contribution in [0.3, 0.4) is 0 Å². The monoisotopic (exact) mass is 291 g/mol. The molecule has 0 aromatic carbocycles. The Bertz CT molecular complexity index is 559. The molecule has 5 nitrogen and oxygen atoms in total. The molecule has 6 heteroatoms. The van der Waals surface area contributed by atoms with Crippen molar-refractivity contribution in [1.29, 1.82) is 0 Å². The quantitative estimate of drug-likeness (QED) is 0.942. The molecule has 20 heavy (non-hydrogen) atoms. The third-order valence-electron chi connectivity index (χ3n) is 3.46. The highest BCUT2D eigenvalue weighted by Crippen LogP contribution is 2.18. The van der Waals surface area contributed by atoms with Crippen LogP contribution in [0, 0.1) is 5.92 Å². The summed E-state index contributed by atoms with van der Waals surface area (Å²) in [5.74, 6) is 0.529. The molecule has 1 aliphatic heterocycles. The van der Waals surface area contributed by atoms with Gasteiger partial charge in [-0.2, -0.15) is 16.4 Å². The molecule has 0 aliphatic carbocycles. The normalized spacial score (nSPS) is 16.2. The van der Waals surface area contributed by atoms with Crippen molar-refractivity contribution in [2.75, 3.05) is 18.5 Å². The van der Waals surface area contributed by atoms with E-state index in [1.807, 2.05) is 27.7 Å². The molecule has 1 N–H and O–H groups in total. The van der Waals surface area contributed by atoms with Crippen LogP contribution in [0.2, 0.25) is 0 Å². The van der Waals surface area contributed by atoms with E-state index in [1.165, 1.54) is 11.3 Å².